The molecule has 0 atom stereocenters. The van der Waals surface area contributed by atoms with Crippen molar-refractivity contribution in [2.45, 2.75) is 44.0 Å². The fraction of sp³-hybridized carbons (Fsp3) is 0.229. The van der Waals surface area contributed by atoms with E-state index in [4.69, 9.17) is 14.2 Å². The molecule has 5 aromatic rings. The summed E-state index contributed by atoms with van der Waals surface area (Å²) < 4.78 is 75.6. The molecular weight excluding hydrogens is 670 g/mol. The molecule has 0 fully saturated rings. The van der Waals surface area contributed by atoms with Gasteiger partial charge in [-0.15, -0.1) is 0 Å². The number of hydrogen-bond donors (Lipinski definition) is 2. The van der Waals surface area contributed by atoms with Gasteiger partial charge in [0.25, 0.3) is 15.9 Å². The Morgan fingerprint density at radius 1 is 0.840 bits per heavy atom. The first-order valence-corrected chi connectivity index (χ1v) is 16.8. The van der Waals surface area contributed by atoms with Crippen molar-refractivity contribution in [2.24, 2.45) is 0 Å². The van der Waals surface area contributed by atoms with Crippen LogP contribution in [0.25, 0.3) is 11.6 Å². The van der Waals surface area contributed by atoms with E-state index in [0.717, 1.165) is 17.7 Å². The van der Waals surface area contributed by atoms with Gasteiger partial charge in [-0.1, -0.05) is 51.1 Å². The SMILES string of the molecule is COc1ccccc1Oc1c(NS(=O)(=O)c2ccc(C(C)(C)C)cc2)nc(-c2ncccn2)nc1OCCC(=O)NCc1c(F)cccc1F. The molecule has 0 aliphatic carbocycles. The number of aromatic nitrogens is 4. The van der Waals surface area contributed by atoms with Gasteiger partial charge in [0.1, 0.15) is 11.6 Å². The molecule has 0 unspecified atom stereocenters. The van der Waals surface area contributed by atoms with E-state index in [9.17, 15) is 22.0 Å². The highest BCUT2D eigenvalue weighted by molar-refractivity contribution is 7.92. The summed E-state index contributed by atoms with van der Waals surface area (Å²) in [6, 6.07) is 18.0. The fourth-order valence-corrected chi connectivity index (χ4v) is 5.56. The van der Waals surface area contributed by atoms with Crippen LogP contribution in [0.5, 0.6) is 23.1 Å². The summed E-state index contributed by atoms with van der Waals surface area (Å²) in [5, 5.41) is 2.46. The van der Waals surface area contributed by atoms with Crippen LogP contribution in [0.4, 0.5) is 14.6 Å². The molecule has 2 heterocycles. The van der Waals surface area contributed by atoms with E-state index in [1.807, 2.05) is 20.8 Å². The smallest absolute Gasteiger partial charge is 0.263 e. The first kappa shape index (κ1) is 35.6. The fourth-order valence-electron chi connectivity index (χ4n) is 4.55. The Hall–Kier alpha value is -5.70. The van der Waals surface area contributed by atoms with E-state index in [1.165, 1.54) is 37.7 Å². The standard InChI is InChI=1S/C35H34F2N6O6S/c1-35(2,3)22-13-15-23(16-14-22)50(45,46)43-31-30(49-28-12-6-5-11-27(28)47-4)34(42-33(41-31)32-38-18-8-19-39-32)48-20-17-29(44)40-21-24-25(36)9-7-10-26(24)37/h5-16,18-19H,17,20-21H2,1-4H3,(H,40,44)(H,41,42,43). The lowest BCUT2D eigenvalue weighted by Crippen LogP contribution is -2.25. The number of ether oxygens (including phenoxy) is 3. The number of hydrogen-bond acceptors (Lipinski definition) is 10. The lowest BCUT2D eigenvalue weighted by molar-refractivity contribution is -0.121. The average molecular weight is 705 g/mol. The Bertz CT molecular complexity index is 2060. The van der Waals surface area contributed by atoms with Gasteiger partial charge in [0.15, 0.2) is 23.1 Å². The summed E-state index contributed by atoms with van der Waals surface area (Å²) in [7, 11) is -2.84. The van der Waals surface area contributed by atoms with Crippen LogP contribution in [-0.2, 0) is 26.8 Å². The molecule has 0 radical (unpaired) electrons. The number of carbonyl (C=O) groups is 1. The van der Waals surface area contributed by atoms with Crippen molar-refractivity contribution >= 4 is 21.7 Å². The van der Waals surface area contributed by atoms with Crippen molar-refractivity contribution < 1.29 is 36.2 Å². The predicted octanol–water partition coefficient (Wildman–Crippen LogP) is 6.20. The van der Waals surface area contributed by atoms with Gasteiger partial charge in [0.2, 0.25) is 17.5 Å². The maximum Gasteiger partial charge on any atom is 0.263 e. The van der Waals surface area contributed by atoms with Crippen LogP contribution in [0.15, 0.2) is 90.1 Å². The summed E-state index contributed by atoms with van der Waals surface area (Å²) in [5.41, 5.74) is 0.434. The van der Waals surface area contributed by atoms with Crippen LogP contribution in [0, 0.1) is 11.6 Å². The highest BCUT2D eigenvalue weighted by atomic mass is 32.2. The molecule has 1 amide bonds. The van der Waals surface area contributed by atoms with Crippen molar-refractivity contribution in [3.63, 3.8) is 0 Å². The van der Waals surface area contributed by atoms with Crippen molar-refractivity contribution in [1.82, 2.24) is 25.3 Å². The second-order valence-corrected chi connectivity index (χ2v) is 13.5. The molecule has 0 aliphatic rings. The van der Waals surface area contributed by atoms with Gasteiger partial charge in [-0.2, -0.15) is 4.98 Å². The van der Waals surface area contributed by atoms with Crippen molar-refractivity contribution in [2.75, 3.05) is 18.4 Å². The summed E-state index contributed by atoms with van der Waals surface area (Å²) in [5.74, 6) is -2.60. The van der Waals surface area contributed by atoms with E-state index in [2.05, 4.69) is 30.0 Å². The number of nitrogens with zero attached hydrogens (tertiary/aromatic N) is 4. The number of rotatable bonds is 13. The predicted molar refractivity (Wildman–Crippen MR) is 180 cm³/mol. The first-order chi connectivity index (χ1) is 23.9. The maximum atomic E-state index is 14.0. The van der Waals surface area contributed by atoms with E-state index < -0.39 is 27.6 Å². The molecule has 0 saturated carbocycles. The molecule has 0 spiro atoms. The zero-order chi connectivity index (χ0) is 35.9. The largest absolute Gasteiger partial charge is 0.493 e. The maximum absolute atomic E-state index is 14.0. The Labute approximate surface area is 288 Å². The van der Waals surface area contributed by atoms with E-state index in [1.54, 1.807) is 42.5 Å². The van der Waals surface area contributed by atoms with Crippen molar-refractivity contribution in [3.8, 4) is 34.8 Å². The molecule has 50 heavy (non-hydrogen) atoms. The molecule has 12 nitrogen and oxygen atoms in total. The molecule has 0 saturated heterocycles. The third kappa shape index (κ3) is 8.66. The highest BCUT2D eigenvalue weighted by Crippen LogP contribution is 2.41. The van der Waals surface area contributed by atoms with Crippen molar-refractivity contribution in [1.29, 1.82) is 0 Å². The average Bonchev–Trinajstić information content (AvgIpc) is 3.09. The molecule has 3 aromatic carbocycles. The van der Waals surface area contributed by atoms with Gasteiger partial charge in [0.05, 0.1) is 25.0 Å². The quantitative estimate of drug-likeness (QED) is 0.145. The summed E-state index contributed by atoms with van der Waals surface area (Å²) in [4.78, 5) is 29.8. The Kier molecular flexibility index (Phi) is 10.9. The van der Waals surface area contributed by atoms with Crippen LogP contribution >= 0.6 is 0 Å². The molecule has 260 valence electrons. The molecule has 2 N–H and O–H groups in total. The van der Waals surface area contributed by atoms with Crippen LogP contribution < -0.4 is 24.2 Å². The molecule has 2 aromatic heterocycles. The molecular formula is C35H34F2N6O6S. The normalized spacial score (nSPS) is 11.5. The minimum Gasteiger partial charge on any atom is -0.493 e. The Morgan fingerprint density at radius 3 is 2.14 bits per heavy atom. The summed E-state index contributed by atoms with van der Waals surface area (Å²) in [6.07, 6.45) is 2.64. The second kappa shape index (κ2) is 15.2. The number of carbonyl (C=O) groups excluding carboxylic acids is 1. The third-order valence-electron chi connectivity index (χ3n) is 7.23. The third-order valence-corrected chi connectivity index (χ3v) is 8.59. The van der Waals surface area contributed by atoms with Crippen LogP contribution in [-0.4, -0.2) is 48.0 Å². The molecule has 0 aliphatic heterocycles. The minimum absolute atomic E-state index is 0.0424. The number of halogens is 2. The van der Waals surface area contributed by atoms with Crippen LogP contribution in [0.2, 0.25) is 0 Å². The van der Waals surface area contributed by atoms with Gasteiger partial charge in [0, 0.05) is 24.5 Å². The van der Waals surface area contributed by atoms with E-state index in [-0.39, 0.29) is 70.3 Å². The molecule has 5 rings (SSSR count). The number of benzene rings is 3. The minimum atomic E-state index is -4.27. The van der Waals surface area contributed by atoms with E-state index in [0.29, 0.717) is 5.75 Å². The number of nitrogens with one attached hydrogen (secondary N) is 2. The van der Waals surface area contributed by atoms with Gasteiger partial charge >= 0.3 is 0 Å². The van der Waals surface area contributed by atoms with Gasteiger partial charge < -0.3 is 19.5 Å². The number of para-hydroxylation sites is 2. The molecule has 0 bridgehead atoms. The number of methoxy groups -OCH3 is 1. The Morgan fingerprint density at radius 2 is 1.50 bits per heavy atom. The van der Waals surface area contributed by atoms with Gasteiger partial charge in [-0.25, -0.2) is 32.2 Å². The van der Waals surface area contributed by atoms with Crippen LogP contribution in [0.3, 0.4) is 0 Å². The first-order valence-electron chi connectivity index (χ1n) is 15.3. The lowest BCUT2D eigenvalue weighted by atomic mass is 9.87. The van der Waals surface area contributed by atoms with Gasteiger partial charge in [-0.05, 0) is 53.4 Å². The zero-order valence-corrected chi connectivity index (χ0v) is 28.4. The summed E-state index contributed by atoms with van der Waals surface area (Å²) >= 11 is 0. The van der Waals surface area contributed by atoms with Gasteiger partial charge in [-0.3, -0.25) is 9.52 Å². The van der Waals surface area contributed by atoms with Crippen LogP contribution in [0.1, 0.15) is 38.3 Å². The topological polar surface area (TPSA) is 155 Å². The van der Waals surface area contributed by atoms with Crippen molar-refractivity contribution in [3.05, 3.63) is 108 Å². The number of anilines is 1. The summed E-state index contributed by atoms with van der Waals surface area (Å²) in [6.45, 7) is 5.35. The zero-order valence-electron chi connectivity index (χ0n) is 27.6. The number of sulfonamides is 1. The highest BCUT2D eigenvalue weighted by Gasteiger charge is 2.27. The molecule has 15 heteroatoms. The second-order valence-electron chi connectivity index (χ2n) is 11.8. The van der Waals surface area contributed by atoms with E-state index >= 15 is 0 Å². The lowest BCUT2D eigenvalue weighted by Gasteiger charge is -2.20. The number of amides is 1. The monoisotopic (exact) mass is 704 g/mol. The Balaban J connectivity index is 1.50.